The van der Waals surface area contributed by atoms with Crippen molar-refractivity contribution in [2.45, 2.75) is 0 Å². The predicted octanol–water partition coefficient (Wildman–Crippen LogP) is 1.58. The average Bonchev–Trinajstić information content (AvgIpc) is 2.43. The van der Waals surface area contributed by atoms with Crippen molar-refractivity contribution in [3.8, 4) is 5.75 Å². The first-order valence-corrected chi connectivity index (χ1v) is 4.11. The number of phenols is 1. The third-order valence-electron chi connectivity index (χ3n) is 2.25. The molecule has 14 heavy (non-hydrogen) atoms. The summed E-state index contributed by atoms with van der Waals surface area (Å²) in [5.74, 6) is -0.830. The topological polar surface area (TPSA) is 62.5 Å². The summed E-state index contributed by atoms with van der Waals surface area (Å²) in [5.41, 5.74) is 1.01. The number of carboxylic acids is 1. The van der Waals surface area contributed by atoms with Gasteiger partial charge in [-0.15, -0.1) is 0 Å². The highest BCUT2D eigenvalue weighted by molar-refractivity contribution is 5.94. The van der Waals surface area contributed by atoms with E-state index in [4.69, 9.17) is 5.11 Å². The number of fused-ring (bicyclic) bond motifs is 1. The predicted molar refractivity (Wildman–Crippen MR) is 51.5 cm³/mol. The largest absolute Gasteiger partial charge is 0.508 e. The number of aromatic carboxylic acids is 1. The fourth-order valence-corrected chi connectivity index (χ4v) is 1.54. The summed E-state index contributed by atoms with van der Waals surface area (Å²) in [6.07, 6.45) is 0. The lowest BCUT2D eigenvalue weighted by Gasteiger charge is -1.98. The lowest BCUT2D eigenvalue weighted by molar-refractivity contribution is 0.0687. The number of benzene rings is 1. The van der Waals surface area contributed by atoms with Gasteiger partial charge in [-0.25, -0.2) is 4.79 Å². The second kappa shape index (κ2) is 2.77. The lowest BCUT2D eigenvalue weighted by Crippen LogP contribution is -2.03. The SMILES string of the molecule is Cn1c(C(=O)O)cc2cc(O)ccc21. The first-order chi connectivity index (χ1) is 6.59. The van der Waals surface area contributed by atoms with E-state index in [0.717, 1.165) is 10.9 Å². The first kappa shape index (κ1) is 8.62. The Labute approximate surface area is 80.0 Å². The standard InChI is InChI=1S/C10H9NO3/c1-11-8-3-2-7(12)4-6(8)5-9(11)10(13)14/h2-5,12H,1H3,(H,13,14). The van der Waals surface area contributed by atoms with Crippen molar-refractivity contribution < 1.29 is 15.0 Å². The van der Waals surface area contributed by atoms with Crippen molar-refractivity contribution in [1.29, 1.82) is 0 Å². The van der Waals surface area contributed by atoms with E-state index in [1.807, 2.05) is 0 Å². The summed E-state index contributed by atoms with van der Waals surface area (Å²) in [6, 6.07) is 6.31. The molecule has 4 heteroatoms. The smallest absolute Gasteiger partial charge is 0.352 e. The van der Waals surface area contributed by atoms with Crippen LogP contribution in [-0.4, -0.2) is 20.7 Å². The molecule has 0 spiro atoms. The number of aryl methyl sites for hydroxylation is 1. The van der Waals surface area contributed by atoms with Gasteiger partial charge in [-0.2, -0.15) is 0 Å². The van der Waals surface area contributed by atoms with Gasteiger partial charge in [0.15, 0.2) is 0 Å². The van der Waals surface area contributed by atoms with Crippen LogP contribution < -0.4 is 0 Å². The van der Waals surface area contributed by atoms with Gasteiger partial charge in [-0.05, 0) is 24.3 Å². The normalized spacial score (nSPS) is 10.6. The highest BCUT2D eigenvalue weighted by Crippen LogP contribution is 2.22. The van der Waals surface area contributed by atoms with Crippen LogP contribution in [0.25, 0.3) is 10.9 Å². The zero-order valence-corrected chi connectivity index (χ0v) is 7.56. The van der Waals surface area contributed by atoms with Crippen LogP contribution in [0, 0.1) is 0 Å². The average molecular weight is 191 g/mol. The monoisotopic (exact) mass is 191 g/mol. The van der Waals surface area contributed by atoms with E-state index in [1.54, 1.807) is 23.7 Å². The molecule has 1 heterocycles. The molecule has 0 radical (unpaired) electrons. The molecule has 0 aliphatic heterocycles. The lowest BCUT2D eigenvalue weighted by atomic mass is 10.2. The van der Waals surface area contributed by atoms with Crippen LogP contribution in [0.1, 0.15) is 10.5 Å². The maximum absolute atomic E-state index is 10.8. The zero-order chi connectivity index (χ0) is 10.3. The number of aromatic hydroxyl groups is 1. The first-order valence-electron chi connectivity index (χ1n) is 4.11. The molecule has 0 atom stereocenters. The van der Waals surface area contributed by atoms with Gasteiger partial charge in [-0.1, -0.05) is 0 Å². The van der Waals surface area contributed by atoms with Crippen molar-refractivity contribution in [3.63, 3.8) is 0 Å². The molecule has 0 aliphatic carbocycles. The number of carbonyl (C=O) groups is 1. The van der Waals surface area contributed by atoms with Gasteiger partial charge in [-0.3, -0.25) is 0 Å². The molecule has 0 bridgehead atoms. The fourth-order valence-electron chi connectivity index (χ4n) is 1.54. The fraction of sp³-hybridized carbons (Fsp3) is 0.100. The quantitative estimate of drug-likeness (QED) is 0.719. The Morgan fingerprint density at radius 2 is 2.07 bits per heavy atom. The molecule has 0 aliphatic rings. The summed E-state index contributed by atoms with van der Waals surface area (Å²) in [5, 5.41) is 18.8. The molecule has 0 amide bonds. The van der Waals surface area contributed by atoms with Gasteiger partial charge < -0.3 is 14.8 Å². The van der Waals surface area contributed by atoms with E-state index >= 15 is 0 Å². The minimum Gasteiger partial charge on any atom is -0.508 e. The Morgan fingerprint density at radius 3 is 2.71 bits per heavy atom. The third kappa shape index (κ3) is 1.12. The van der Waals surface area contributed by atoms with Gasteiger partial charge in [0.2, 0.25) is 0 Å². The van der Waals surface area contributed by atoms with Crippen LogP contribution in [-0.2, 0) is 7.05 Å². The third-order valence-corrected chi connectivity index (χ3v) is 2.25. The van der Waals surface area contributed by atoms with Gasteiger partial charge in [0.05, 0.1) is 0 Å². The van der Waals surface area contributed by atoms with E-state index in [9.17, 15) is 9.90 Å². The van der Waals surface area contributed by atoms with E-state index in [1.165, 1.54) is 12.1 Å². The number of rotatable bonds is 1. The molecule has 2 aromatic rings. The summed E-state index contributed by atoms with van der Waals surface area (Å²) in [4.78, 5) is 10.8. The van der Waals surface area contributed by atoms with Crippen LogP contribution in [0.15, 0.2) is 24.3 Å². The van der Waals surface area contributed by atoms with Gasteiger partial charge in [0.1, 0.15) is 11.4 Å². The van der Waals surface area contributed by atoms with Crippen LogP contribution >= 0.6 is 0 Å². The van der Waals surface area contributed by atoms with E-state index in [-0.39, 0.29) is 11.4 Å². The van der Waals surface area contributed by atoms with Crippen molar-refractivity contribution in [2.75, 3.05) is 0 Å². The Bertz CT molecular complexity index is 513. The minimum atomic E-state index is -0.969. The highest BCUT2D eigenvalue weighted by Gasteiger charge is 2.11. The van der Waals surface area contributed by atoms with E-state index in [2.05, 4.69) is 0 Å². The molecule has 0 saturated carbocycles. The summed E-state index contributed by atoms with van der Waals surface area (Å²) in [7, 11) is 1.68. The number of carboxylic acid groups (broad SMARTS) is 1. The molecule has 72 valence electrons. The van der Waals surface area contributed by atoms with Crippen LogP contribution in [0.2, 0.25) is 0 Å². The molecular weight excluding hydrogens is 182 g/mol. The zero-order valence-electron chi connectivity index (χ0n) is 7.56. The molecule has 4 nitrogen and oxygen atoms in total. The molecule has 0 unspecified atom stereocenters. The maximum atomic E-state index is 10.8. The molecule has 0 saturated heterocycles. The van der Waals surface area contributed by atoms with Crippen molar-refractivity contribution in [3.05, 3.63) is 30.0 Å². The Hall–Kier alpha value is -1.97. The summed E-state index contributed by atoms with van der Waals surface area (Å²) >= 11 is 0. The summed E-state index contributed by atoms with van der Waals surface area (Å²) in [6.45, 7) is 0. The molecule has 2 rings (SSSR count). The van der Waals surface area contributed by atoms with Crippen molar-refractivity contribution in [1.82, 2.24) is 4.57 Å². The number of aromatic nitrogens is 1. The van der Waals surface area contributed by atoms with Crippen LogP contribution in [0.5, 0.6) is 5.75 Å². The molecule has 1 aromatic heterocycles. The number of hydrogen-bond donors (Lipinski definition) is 2. The Balaban J connectivity index is 2.79. The van der Waals surface area contributed by atoms with Crippen LogP contribution in [0.3, 0.4) is 0 Å². The Morgan fingerprint density at radius 1 is 1.36 bits per heavy atom. The number of hydrogen-bond acceptors (Lipinski definition) is 2. The maximum Gasteiger partial charge on any atom is 0.352 e. The van der Waals surface area contributed by atoms with Gasteiger partial charge in [0.25, 0.3) is 0 Å². The van der Waals surface area contributed by atoms with E-state index in [0.29, 0.717) is 0 Å². The van der Waals surface area contributed by atoms with Crippen LogP contribution in [0.4, 0.5) is 0 Å². The minimum absolute atomic E-state index is 0.139. The summed E-state index contributed by atoms with van der Waals surface area (Å²) < 4.78 is 1.58. The molecule has 0 fully saturated rings. The molecular formula is C10H9NO3. The Kier molecular flexibility index (Phi) is 1.70. The van der Waals surface area contributed by atoms with E-state index < -0.39 is 5.97 Å². The van der Waals surface area contributed by atoms with Gasteiger partial charge in [0, 0.05) is 18.0 Å². The van der Waals surface area contributed by atoms with Crippen molar-refractivity contribution in [2.24, 2.45) is 7.05 Å². The second-order valence-corrected chi connectivity index (χ2v) is 3.14. The number of phenolic OH excluding ortho intramolecular Hbond substituents is 1. The van der Waals surface area contributed by atoms with Gasteiger partial charge >= 0.3 is 5.97 Å². The highest BCUT2D eigenvalue weighted by atomic mass is 16.4. The second-order valence-electron chi connectivity index (χ2n) is 3.14. The molecule has 1 aromatic carbocycles. The number of nitrogens with zero attached hydrogens (tertiary/aromatic N) is 1. The van der Waals surface area contributed by atoms with Crippen molar-refractivity contribution >= 4 is 16.9 Å². The molecule has 2 N–H and O–H groups in total.